The summed E-state index contributed by atoms with van der Waals surface area (Å²) in [6.07, 6.45) is 0. The number of rotatable bonds is 6. The number of hydrogen-bond donors (Lipinski definition) is 2. The van der Waals surface area contributed by atoms with Crippen molar-refractivity contribution in [3.05, 3.63) is 59.0 Å². The van der Waals surface area contributed by atoms with E-state index in [2.05, 4.69) is 15.6 Å². The first-order chi connectivity index (χ1) is 14.0. The van der Waals surface area contributed by atoms with Gasteiger partial charge >= 0.3 is 12.0 Å². The predicted molar refractivity (Wildman–Crippen MR) is 114 cm³/mol. The van der Waals surface area contributed by atoms with E-state index in [1.807, 2.05) is 43.3 Å². The van der Waals surface area contributed by atoms with Crippen LogP contribution >= 0.6 is 11.3 Å². The Labute approximate surface area is 172 Å². The van der Waals surface area contributed by atoms with Crippen LogP contribution in [-0.4, -0.2) is 30.7 Å². The van der Waals surface area contributed by atoms with Crippen LogP contribution in [0, 0.1) is 6.92 Å². The van der Waals surface area contributed by atoms with E-state index in [4.69, 9.17) is 9.47 Å². The van der Waals surface area contributed by atoms with Crippen LogP contribution in [0.25, 0.3) is 11.3 Å². The van der Waals surface area contributed by atoms with Gasteiger partial charge in [0.15, 0.2) is 5.13 Å². The summed E-state index contributed by atoms with van der Waals surface area (Å²) in [5.74, 6) is 0.239. The quantitative estimate of drug-likeness (QED) is 0.560. The summed E-state index contributed by atoms with van der Waals surface area (Å²) >= 11 is 1.07. The van der Waals surface area contributed by atoms with E-state index in [0.717, 1.165) is 22.5 Å². The van der Waals surface area contributed by atoms with E-state index in [1.165, 1.54) is 0 Å². The van der Waals surface area contributed by atoms with Crippen molar-refractivity contribution < 1.29 is 19.1 Å². The van der Waals surface area contributed by atoms with E-state index in [0.29, 0.717) is 27.1 Å². The van der Waals surface area contributed by atoms with Gasteiger partial charge < -0.3 is 14.8 Å². The molecule has 0 bridgehead atoms. The maximum atomic E-state index is 12.4. The highest BCUT2D eigenvalue weighted by molar-refractivity contribution is 7.18. The molecular formula is C21H21N3O4S. The number of benzene rings is 2. The number of amides is 2. The smallest absolute Gasteiger partial charge is 0.350 e. The van der Waals surface area contributed by atoms with Crippen molar-refractivity contribution in [1.29, 1.82) is 0 Å². The van der Waals surface area contributed by atoms with Crippen molar-refractivity contribution in [2.75, 3.05) is 24.4 Å². The molecule has 0 spiro atoms. The monoisotopic (exact) mass is 411 g/mol. The third-order valence-electron chi connectivity index (χ3n) is 4.04. The highest BCUT2D eigenvalue weighted by Gasteiger charge is 2.21. The lowest BCUT2D eigenvalue weighted by molar-refractivity contribution is 0.0532. The number of ether oxygens (including phenoxy) is 2. The van der Waals surface area contributed by atoms with Gasteiger partial charge in [0.25, 0.3) is 0 Å². The van der Waals surface area contributed by atoms with Gasteiger partial charge in [-0.1, -0.05) is 41.7 Å². The SMILES string of the molecule is CCOC(=O)c1sc(NC(=O)Nc2ccc(OC)cc2C)nc1-c1ccccc1. The molecule has 1 heterocycles. The number of carbonyl (C=O) groups is 2. The Morgan fingerprint density at radius 1 is 1.10 bits per heavy atom. The van der Waals surface area contributed by atoms with E-state index in [9.17, 15) is 9.59 Å². The molecule has 0 radical (unpaired) electrons. The molecule has 2 aromatic carbocycles. The molecule has 29 heavy (non-hydrogen) atoms. The molecule has 7 nitrogen and oxygen atoms in total. The number of nitrogens with zero attached hydrogens (tertiary/aromatic N) is 1. The first-order valence-corrected chi connectivity index (χ1v) is 9.79. The number of aromatic nitrogens is 1. The topological polar surface area (TPSA) is 89.5 Å². The average Bonchev–Trinajstić information content (AvgIpc) is 3.14. The zero-order valence-corrected chi connectivity index (χ0v) is 17.1. The lowest BCUT2D eigenvalue weighted by Crippen LogP contribution is -2.19. The molecule has 3 rings (SSSR count). The molecular weight excluding hydrogens is 390 g/mol. The van der Waals surface area contributed by atoms with Crippen molar-refractivity contribution in [3.8, 4) is 17.0 Å². The Hall–Kier alpha value is -3.39. The maximum absolute atomic E-state index is 12.4. The van der Waals surface area contributed by atoms with Gasteiger partial charge in [0.1, 0.15) is 10.6 Å². The Kier molecular flexibility index (Phi) is 6.46. The second-order valence-electron chi connectivity index (χ2n) is 6.04. The zero-order valence-electron chi connectivity index (χ0n) is 16.3. The van der Waals surface area contributed by atoms with Gasteiger partial charge in [0.05, 0.1) is 19.4 Å². The lowest BCUT2D eigenvalue weighted by Gasteiger charge is -2.09. The minimum absolute atomic E-state index is 0.255. The van der Waals surface area contributed by atoms with Gasteiger partial charge in [-0.05, 0) is 37.6 Å². The minimum Gasteiger partial charge on any atom is -0.497 e. The molecule has 0 aliphatic rings. The summed E-state index contributed by atoms with van der Waals surface area (Å²) in [4.78, 5) is 29.6. The first kappa shape index (κ1) is 20.3. The summed E-state index contributed by atoms with van der Waals surface area (Å²) in [5, 5.41) is 5.77. The van der Waals surface area contributed by atoms with Crippen LogP contribution < -0.4 is 15.4 Å². The summed E-state index contributed by atoms with van der Waals surface area (Å²) < 4.78 is 10.3. The van der Waals surface area contributed by atoms with Crippen LogP contribution in [0.5, 0.6) is 5.75 Å². The molecule has 8 heteroatoms. The standard InChI is InChI=1S/C21H21N3O4S/c1-4-28-19(25)18-17(14-8-6-5-7-9-14)23-21(29-18)24-20(26)22-16-11-10-15(27-3)12-13(16)2/h5-12H,4H2,1-3H3,(H2,22,23,24,26). The van der Waals surface area contributed by atoms with Crippen molar-refractivity contribution in [2.24, 2.45) is 0 Å². The number of thiazole rings is 1. The van der Waals surface area contributed by atoms with Crippen molar-refractivity contribution >= 4 is 34.2 Å². The van der Waals surface area contributed by atoms with Crippen LogP contribution in [0.2, 0.25) is 0 Å². The van der Waals surface area contributed by atoms with E-state index >= 15 is 0 Å². The van der Waals surface area contributed by atoms with Gasteiger partial charge in [-0.25, -0.2) is 14.6 Å². The highest BCUT2D eigenvalue weighted by Crippen LogP contribution is 2.32. The number of aryl methyl sites for hydroxylation is 1. The number of urea groups is 1. The molecule has 0 saturated carbocycles. The molecule has 0 aliphatic heterocycles. The number of esters is 1. The fraction of sp³-hybridized carbons (Fsp3) is 0.190. The lowest BCUT2D eigenvalue weighted by atomic mass is 10.1. The van der Waals surface area contributed by atoms with E-state index < -0.39 is 12.0 Å². The molecule has 0 fully saturated rings. The van der Waals surface area contributed by atoms with Crippen LogP contribution in [0.15, 0.2) is 48.5 Å². The molecule has 1 aromatic heterocycles. The number of methoxy groups -OCH3 is 1. The molecule has 2 amide bonds. The van der Waals surface area contributed by atoms with Gasteiger partial charge in [0.2, 0.25) is 0 Å². The second-order valence-corrected chi connectivity index (χ2v) is 7.04. The number of hydrogen-bond acceptors (Lipinski definition) is 6. The fourth-order valence-electron chi connectivity index (χ4n) is 2.65. The van der Waals surface area contributed by atoms with Crippen molar-refractivity contribution in [1.82, 2.24) is 4.98 Å². The molecule has 150 valence electrons. The van der Waals surface area contributed by atoms with Crippen LogP contribution in [0.4, 0.5) is 15.6 Å². The van der Waals surface area contributed by atoms with Crippen LogP contribution in [-0.2, 0) is 4.74 Å². The van der Waals surface area contributed by atoms with Gasteiger partial charge in [-0.15, -0.1) is 0 Å². The first-order valence-electron chi connectivity index (χ1n) is 8.97. The minimum atomic E-state index is -0.469. The Morgan fingerprint density at radius 3 is 2.52 bits per heavy atom. The molecule has 3 aromatic rings. The predicted octanol–water partition coefficient (Wildman–Crippen LogP) is 4.95. The fourth-order valence-corrected chi connectivity index (χ4v) is 3.53. The molecule has 0 atom stereocenters. The van der Waals surface area contributed by atoms with Gasteiger partial charge in [-0.3, -0.25) is 5.32 Å². The third-order valence-corrected chi connectivity index (χ3v) is 4.99. The highest BCUT2D eigenvalue weighted by atomic mass is 32.1. The Bertz CT molecular complexity index is 1020. The van der Waals surface area contributed by atoms with E-state index in [-0.39, 0.29) is 6.61 Å². The van der Waals surface area contributed by atoms with Crippen molar-refractivity contribution in [3.63, 3.8) is 0 Å². The number of nitrogens with one attached hydrogen (secondary N) is 2. The second kappa shape index (κ2) is 9.20. The Morgan fingerprint density at radius 2 is 1.86 bits per heavy atom. The average molecular weight is 411 g/mol. The maximum Gasteiger partial charge on any atom is 0.350 e. The van der Waals surface area contributed by atoms with Crippen LogP contribution in [0.3, 0.4) is 0 Å². The van der Waals surface area contributed by atoms with Crippen LogP contribution in [0.1, 0.15) is 22.2 Å². The Balaban J connectivity index is 1.82. The molecule has 0 saturated heterocycles. The van der Waals surface area contributed by atoms with Gasteiger partial charge in [-0.2, -0.15) is 0 Å². The summed E-state index contributed by atoms with van der Waals surface area (Å²) in [7, 11) is 1.59. The number of anilines is 2. The third kappa shape index (κ3) is 4.91. The largest absolute Gasteiger partial charge is 0.497 e. The number of carbonyl (C=O) groups excluding carboxylic acids is 2. The zero-order chi connectivity index (χ0) is 20.8. The van der Waals surface area contributed by atoms with Gasteiger partial charge in [0, 0.05) is 11.3 Å². The molecule has 2 N–H and O–H groups in total. The summed E-state index contributed by atoms with van der Waals surface area (Å²) in [6, 6.07) is 14.2. The van der Waals surface area contributed by atoms with Crippen molar-refractivity contribution in [2.45, 2.75) is 13.8 Å². The molecule has 0 unspecified atom stereocenters. The summed E-state index contributed by atoms with van der Waals surface area (Å²) in [5.41, 5.74) is 2.75. The molecule has 0 aliphatic carbocycles. The normalized spacial score (nSPS) is 10.3. The van der Waals surface area contributed by atoms with E-state index in [1.54, 1.807) is 26.2 Å². The summed E-state index contributed by atoms with van der Waals surface area (Å²) in [6.45, 7) is 3.86.